The number of aliphatic hydroxyl groups is 4. The van der Waals surface area contributed by atoms with Gasteiger partial charge in [-0.15, -0.1) is 0 Å². The minimum Gasteiger partial charge on any atom is -0.508 e. The lowest BCUT2D eigenvalue weighted by Crippen LogP contribution is -2.70. The lowest BCUT2D eigenvalue weighted by atomic mass is 9.54. The number of unbranched alkanes of at least 4 members (excludes halogenated alkanes) is 7. The molecular weight excluding hydrogens is 572 g/mol. The molecule has 3 aliphatic carbocycles. The number of nitrogens with two attached hydrogens (primary N) is 1. The molecule has 3 aliphatic rings. The second-order valence-electron chi connectivity index (χ2n) is 12.2. The number of phenolic OH excluding ortho intramolecular Hbond substituents is 1. The molecule has 0 heterocycles. The number of benzene rings is 1. The van der Waals surface area contributed by atoms with E-state index in [9.17, 15) is 39.9 Å². The van der Waals surface area contributed by atoms with Gasteiger partial charge in [-0.1, -0.05) is 64.0 Å². The number of rotatable bonds is 13. The van der Waals surface area contributed by atoms with Crippen molar-refractivity contribution in [3.8, 4) is 5.75 Å². The quantitative estimate of drug-likeness (QED) is 0.142. The maximum atomic E-state index is 14.2. The molecule has 0 radical (unpaired) electrons. The number of fused-ring (bicyclic) bond motifs is 3. The topological polar surface area (TPSA) is 182 Å². The summed E-state index contributed by atoms with van der Waals surface area (Å²) in [5.41, 5.74) is 1.74. The van der Waals surface area contributed by atoms with Gasteiger partial charge in [0, 0.05) is 23.2 Å². The minimum atomic E-state index is -2.91. The minimum absolute atomic E-state index is 0.0173. The molecule has 0 spiro atoms. The smallest absolute Gasteiger partial charge is 0.255 e. The molecular formula is C32H44N2O8S. The predicted octanol–water partition coefficient (Wildman–Crippen LogP) is 3.35. The molecule has 6 atom stereocenters. The second-order valence-corrected chi connectivity index (χ2v) is 13.3. The van der Waals surface area contributed by atoms with E-state index in [0.29, 0.717) is 11.3 Å². The molecule has 43 heavy (non-hydrogen) atoms. The molecule has 0 bridgehead atoms. The Morgan fingerprint density at radius 2 is 1.65 bits per heavy atom. The van der Waals surface area contributed by atoms with Crippen LogP contribution in [0.4, 0.5) is 0 Å². The van der Waals surface area contributed by atoms with Crippen LogP contribution < -0.4 is 5.73 Å². The fraction of sp³-hybridized carbons (Fsp3) is 0.594. The Labute approximate surface area is 256 Å². The lowest BCUT2D eigenvalue weighted by Gasteiger charge is -2.54. The first kappa shape index (κ1) is 33.0. The highest BCUT2D eigenvalue weighted by atomic mass is 32.2. The molecule has 0 saturated heterocycles. The monoisotopic (exact) mass is 616 g/mol. The number of amides is 1. The van der Waals surface area contributed by atoms with Gasteiger partial charge in [-0.25, -0.2) is 0 Å². The Morgan fingerprint density at radius 1 is 1.02 bits per heavy atom. The van der Waals surface area contributed by atoms with Crippen LogP contribution in [-0.2, 0) is 14.4 Å². The van der Waals surface area contributed by atoms with Crippen molar-refractivity contribution in [2.45, 2.75) is 82.0 Å². The zero-order valence-corrected chi connectivity index (χ0v) is 25.9. The van der Waals surface area contributed by atoms with Crippen LogP contribution in [0.1, 0.15) is 75.3 Å². The Bertz CT molecular complexity index is 1320. The van der Waals surface area contributed by atoms with Crippen molar-refractivity contribution in [1.82, 2.24) is 4.90 Å². The fourth-order valence-corrected chi connectivity index (χ4v) is 8.36. The summed E-state index contributed by atoms with van der Waals surface area (Å²) in [6, 6.07) is 3.34. The van der Waals surface area contributed by atoms with E-state index in [1.54, 1.807) is 23.9 Å². The number of hydrogen-bond donors (Lipinski definition) is 6. The van der Waals surface area contributed by atoms with Crippen LogP contribution in [-0.4, -0.2) is 91.3 Å². The predicted molar refractivity (Wildman–Crippen MR) is 165 cm³/mol. The van der Waals surface area contributed by atoms with Crippen LogP contribution in [0.3, 0.4) is 0 Å². The molecule has 10 nitrogen and oxygen atoms in total. The van der Waals surface area contributed by atoms with Gasteiger partial charge in [0.15, 0.2) is 11.4 Å². The highest BCUT2D eigenvalue weighted by Gasteiger charge is 2.68. The highest BCUT2D eigenvalue weighted by molar-refractivity contribution is 7.99. The van der Waals surface area contributed by atoms with Gasteiger partial charge >= 0.3 is 0 Å². The molecule has 1 aromatic carbocycles. The Balaban J connectivity index is 1.69. The number of hydrogen-bond acceptors (Lipinski definition) is 10. The summed E-state index contributed by atoms with van der Waals surface area (Å²) in [7, 11) is 2.99. The standard InChI is InChI=1S/C32H44N2O8S/c1-4-5-6-7-8-9-10-11-15-43-16-18-17-13-12-14-19(35)20(17)26(36)22-21(18)27(37)24-25(34(2)3)28(38)23(31(33)41)30(40)32(24,42)29(22)39/h12-14,18,21,24-25,27,35-37,40,42H,4-11,15-16H2,1-3H3,(H2,33,41)/t18-,21+,24+,25-,27-,32-/m0/s1. The third kappa shape index (κ3) is 5.72. The first-order valence-electron chi connectivity index (χ1n) is 15.1. The van der Waals surface area contributed by atoms with Crippen molar-refractivity contribution in [2.75, 3.05) is 25.6 Å². The number of likely N-dealkylation sites (N-methyl/N-ethyl adjacent to an activating group) is 1. The van der Waals surface area contributed by atoms with Crippen molar-refractivity contribution >= 4 is 35.0 Å². The highest BCUT2D eigenvalue weighted by Crippen LogP contribution is 2.56. The SMILES string of the molecule is CCCCCCCCCCSC[C@H]1c2cccc(O)c2C(O)=C2C(=O)[C@]3(O)C(O)=C(C(N)=O)C(=O)[C@@H](N(C)C)[C@@H]3[C@@H](O)[C@@H]21. The maximum Gasteiger partial charge on any atom is 0.255 e. The molecule has 1 amide bonds. The van der Waals surface area contributed by atoms with Crippen molar-refractivity contribution in [3.05, 3.63) is 46.2 Å². The van der Waals surface area contributed by atoms with E-state index in [-0.39, 0.29) is 16.9 Å². The summed E-state index contributed by atoms with van der Waals surface area (Å²) >= 11 is 1.63. The van der Waals surface area contributed by atoms with E-state index in [2.05, 4.69) is 6.92 Å². The average molecular weight is 617 g/mol. The number of nitrogens with zero attached hydrogens (tertiary/aromatic N) is 1. The van der Waals surface area contributed by atoms with E-state index in [1.165, 1.54) is 57.2 Å². The van der Waals surface area contributed by atoms with Gasteiger partial charge < -0.3 is 31.3 Å². The first-order valence-corrected chi connectivity index (χ1v) is 16.3. The van der Waals surface area contributed by atoms with E-state index >= 15 is 0 Å². The van der Waals surface area contributed by atoms with Crippen LogP contribution in [0.25, 0.3) is 5.76 Å². The zero-order chi connectivity index (χ0) is 31.6. The molecule has 0 aliphatic heterocycles. The zero-order valence-electron chi connectivity index (χ0n) is 25.1. The summed E-state index contributed by atoms with van der Waals surface area (Å²) in [6.45, 7) is 2.20. The number of carbonyl (C=O) groups is 3. The fourth-order valence-electron chi connectivity index (χ4n) is 7.14. The number of aliphatic hydroxyl groups excluding tert-OH is 3. The van der Waals surface area contributed by atoms with Crippen LogP contribution in [0, 0.1) is 11.8 Å². The second kappa shape index (κ2) is 13.4. The molecule has 0 aromatic heterocycles. The van der Waals surface area contributed by atoms with Crippen molar-refractivity contribution in [3.63, 3.8) is 0 Å². The van der Waals surface area contributed by atoms with Crippen molar-refractivity contribution < 1.29 is 39.9 Å². The summed E-state index contributed by atoms with van der Waals surface area (Å²) in [6.07, 6.45) is 7.83. The number of ketones is 2. The van der Waals surface area contributed by atoms with Gasteiger partial charge in [-0.05, 0) is 37.9 Å². The lowest BCUT2D eigenvalue weighted by molar-refractivity contribution is -0.169. The Hall–Kier alpha value is -2.86. The first-order chi connectivity index (χ1) is 20.4. The molecule has 4 rings (SSSR count). The van der Waals surface area contributed by atoms with E-state index in [0.717, 1.165) is 25.0 Å². The summed E-state index contributed by atoms with van der Waals surface area (Å²) in [4.78, 5) is 41.2. The normalized spacial score (nSPS) is 28.7. The Morgan fingerprint density at radius 3 is 2.26 bits per heavy atom. The number of aromatic hydroxyl groups is 1. The number of carbonyl (C=O) groups excluding carboxylic acids is 3. The number of primary amides is 1. The van der Waals surface area contributed by atoms with E-state index in [4.69, 9.17) is 5.73 Å². The number of phenols is 1. The summed E-state index contributed by atoms with van der Waals surface area (Å²) in [5.74, 6) is -7.46. The van der Waals surface area contributed by atoms with Gasteiger partial charge in [-0.2, -0.15) is 11.8 Å². The van der Waals surface area contributed by atoms with Gasteiger partial charge in [0.1, 0.15) is 22.8 Å². The van der Waals surface area contributed by atoms with Gasteiger partial charge in [0.2, 0.25) is 5.78 Å². The third-order valence-corrected chi connectivity index (χ3v) is 10.4. The summed E-state index contributed by atoms with van der Waals surface area (Å²) < 4.78 is 0. The molecule has 236 valence electrons. The third-order valence-electron chi connectivity index (χ3n) is 9.24. The molecule has 11 heteroatoms. The van der Waals surface area contributed by atoms with Crippen LogP contribution in [0.15, 0.2) is 35.1 Å². The van der Waals surface area contributed by atoms with Gasteiger partial charge in [0.25, 0.3) is 5.91 Å². The molecule has 1 aromatic rings. The summed E-state index contributed by atoms with van der Waals surface area (Å²) in [5, 5.41) is 57.0. The largest absolute Gasteiger partial charge is 0.508 e. The van der Waals surface area contributed by atoms with Crippen LogP contribution in [0.2, 0.25) is 0 Å². The number of thioether (sulfide) groups is 1. The molecule has 7 N–H and O–H groups in total. The van der Waals surface area contributed by atoms with Crippen molar-refractivity contribution in [2.24, 2.45) is 17.6 Å². The van der Waals surface area contributed by atoms with Crippen LogP contribution in [0.5, 0.6) is 5.75 Å². The molecule has 1 fully saturated rings. The van der Waals surface area contributed by atoms with E-state index in [1.807, 2.05) is 0 Å². The van der Waals surface area contributed by atoms with Crippen molar-refractivity contribution in [1.29, 1.82) is 0 Å². The van der Waals surface area contributed by atoms with Gasteiger partial charge in [-0.3, -0.25) is 19.3 Å². The molecule has 1 saturated carbocycles. The van der Waals surface area contributed by atoms with E-state index < -0.39 is 70.1 Å². The van der Waals surface area contributed by atoms with Gasteiger partial charge in [0.05, 0.1) is 23.6 Å². The average Bonchev–Trinajstić information content (AvgIpc) is 2.94. The number of Topliss-reactive ketones (excluding diaryl/α,β-unsaturated/α-hetero) is 2. The molecule has 0 unspecified atom stereocenters. The van der Waals surface area contributed by atoms with Crippen LogP contribution >= 0.6 is 11.8 Å². The maximum absolute atomic E-state index is 14.2. The Kier molecular flexibility index (Phi) is 10.3.